The highest BCUT2D eigenvalue weighted by Gasteiger charge is 2.17. The van der Waals surface area contributed by atoms with Gasteiger partial charge in [0.25, 0.3) is 5.91 Å². The van der Waals surface area contributed by atoms with Gasteiger partial charge in [-0.15, -0.1) is 0 Å². The number of amides is 1. The second kappa shape index (κ2) is 5.12. The van der Waals surface area contributed by atoms with Gasteiger partial charge in [0.15, 0.2) is 0 Å². The van der Waals surface area contributed by atoms with Gasteiger partial charge in [-0.1, -0.05) is 12.1 Å². The van der Waals surface area contributed by atoms with Crippen molar-refractivity contribution in [2.45, 2.75) is 20.8 Å². The van der Waals surface area contributed by atoms with Crippen molar-refractivity contribution in [1.82, 2.24) is 14.9 Å². The molecule has 0 aliphatic carbocycles. The Kier molecular flexibility index (Phi) is 3.55. The van der Waals surface area contributed by atoms with Gasteiger partial charge in [-0.25, -0.2) is 9.97 Å². The fraction of sp³-hybridized carbons (Fsp3) is 0.357. The molecule has 1 aromatic carbocycles. The summed E-state index contributed by atoms with van der Waals surface area (Å²) in [7, 11) is 0. The second-order valence-electron chi connectivity index (χ2n) is 4.12. The highest BCUT2D eigenvalue weighted by atomic mass is 16.2. The van der Waals surface area contributed by atoms with Crippen LogP contribution in [-0.2, 0) is 0 Å². The summed E-state index contributed by atoms with van der Waals surface area (Å²) in [4.78, 5) is 22.9. The van der Waals surface area contributed by atoms with Crippen LogP contribution in [0.2, 0.25) is 0 Å². The number of benzene rings is 1. The van der Waals surface area contributed by atoms with E-state index in [0.29, 0.717) is 24.5 Å². The molecule has 0 aliphatic heterocycles. The summed E-state index contributed by atoms with van der Waals surface area (Å²) < 4.78 is 0. The molecule has 0 N–H and O–H groups in total. The summed E-state index contributed by atoms with van der Waals surface area (Å²) in [5, 5.41) is 0. The molecular weight excluding hydrogens is 226 g/mol. The molecular formula is C14H17N3O. The molecule has 1 amide bonds. The van der Waals surface area contributed by atoms with Crippen LogP contribution in [0.1, 0.15) is 30.0 Å². The molecule has 0 spiro atoms. The zero-order chi connectivity index (χ0) is 13.1. The molecule has 1 aromatic heterocycles. The van der Waals surface area contributed by atoms with Crippen LogP contribution in [0, 0.1) is 6.92 Å². The van der Waals surface area contributed by atoms with E-state index in [9.17, 15) is 4.79 Å². The fourth-order valence-corrected chi connectivity index (χ4v) is 1.95. The normalized spacial score (nSPS) is 10.6. The van der Waals surface area contributed by atoms with Gasteiger partial charge in [-0.2, -0.15) is 0 Å². The van der Waals surface area contributed by atoms with Gasteiger partial charge in [0.05, 0.1) is 16.7 Å². The summed E-state index contributed by atoms with van der Waals surface area (Å²) in [6.07, 6.45) is 0. The van der Waals surface area contributed by atoms with Crippen molar-refractivity contribution in [2.24, 2.45) is 0 Å². The van der Waals surface area contributed by atoms with Crippen LogP contribution in [-0.4, -0.2) is 33.9 Å². The van der Waals surface area contributed by atoms with E-state index in [1.807, 2.05) is 45.0 Å². The first-order valence-corrected chi connectivity index (χ1v) is 6.20. The maximum atomic E-state index is 12.3. The van der Waals surface area contributed by atoms with Crippen molar-refractivity contribution < 1.29 is 4.79 Å². The fourth-order valence-electron chi connectivity index (χ4n) is 1.95. The van der Waals surface area contributed by atoms with Crippen molar-refractivity contribution in [1.29, 1.82) is 0 Å². The standard InChI is InChI=1S/C14H17N3O/c1-4-17(5-2)14(18)13-10(3)15-11-8-6-7-9-12(11)16-13/h6-9H,4-5H2,1-3H3. The third-order valence-corrected chi connectivity index (χ3v) is 3.00. The first kappa shape index (κ1) is 12.5. The number of hydrogen-bond donors (Lipinski definition) is 0. The second-order valence-corrected chi connectivity index (χ2v) is 4.12. The number of para-hydroxylation sites is 2. The lowest BCUT2D eigenvalue weighted by Gasteiger charge is -2.18. The van der Waals surface area contributed by atoms with Crippen molar-refractivity contribution in [2.75, 3.05) is 13.1 Å². The summed E-state index contributed by atoms with van der Waals surface area (Å²) in [6.45, 7) is 7.12. The van der Waals surface area contributed by atoms with E-state index in [1.165, 1.54) is 0 Å². The Morgan fingerprint density at radius 1 is 1.11 bits per heavy atom. The Labute approximate surface area is 107 Å². The highest BCUT2D eigenvalue weighted by molar-refractivity contribution is 5.95. The number of carbonyl (C=O) groups excluding carboxylic acids is 1. The quantitative estimate of drug-likeness (QED) is 0.831. The molecule has 94 valence electrons. The van der Waals surface area contributed by atoms with E-state index in [-0.39, 0.29) is 5.91 Å². The zero-order valence-corrected chi connectivity index (χ0v) is 11.0. The van der Waals surface area contributed by atoms with Crippen LogP contribution >= 0.6 is 0 Å². The Hall–Kier alpha value is -1.97. The topological polar surface area (TPSA) is 46.1 Å². The molecule has 0 saturated carbocycles. The zero-order valence-electron chi connectivity index (χ0n) is 11.0. The molecule has 4 nitrogen and oxygen atoms in total. The van der Waals surface area contributed by atoms with Crippen LogP contribution in [0.3, 0.4) is 0 Å². The molecule has 4 heteroatoms. The van der Waals surface area contributed by atoms with Crippen LogP contribution in [0.25, 0.3) is 11.0 Å². The monoisotopic (exact) mass is 243 g/mol. The van der Waals surface area contributed by atoms with E-state index >= 15 is 0 Å². The van der Waals surface area contributed by atoms with Crippen LogP contribution < -0.4 is 0 Å². The number of aromatic nitrogens is 2. The third-order valence-electron chi connectivity index (χ3n) is 3.00. The number of carbonyl (C=O) groups is 1. The Balaban J connectivity index is 2.50. The average molecular weight is 243 g/mol. The lowest BCUT2D eigenvalue weighted by atomic mass is 10.2. The first-order valence-electron chi connectivity index (χ1n) is 6.20. The number of aryl methyl sites for hydroxylation is 1. The predicted octanol–water partition coefficient (Wildman–Crippen LogP) is 2.42. The number of fused-ring (bicyclic) bond motifs is 1. The van der Waals surface area contributed by atoms with Gasteiger partial charge < -0.3 is 4.90 Å². The largest absolute Gasteiger partial charge is 0.338 e. The summed E-state index contributed by atoms with van der Waals surface area (Å²) in [5.41, 5.74) is 2.73. The molecule has 0 bridgehead atoms. The summed E-state index contributed by atoms with van der Waals surface area (Å²) in [5.74, 6) is -0.0456. The molecule has 0 radical (unpaired) electrons. The Morgan fingerprint density at radius 3 is 2.22 bits per heavy atom. The minimum absolute atomic E-state index is 0.0456. The maximum Gasteiger partial charge on any atom is 0.274 e. The van der Waals surface area contributed by atoms with Gasteiger partial charge in [-0.05, 0) is 32.9 Å². The molecule has 0 aliphatic rings. The molecule has 18 heavy (non-hydrogen) atoms. The van der Waals surface area contributed by atoms with Crippen molar-refractivity contribution >= 4 is 16.9 Å². The van der Waals surface area contributed by atoms with Gasteiger partial charge in [0.1, 0.15) is 5.69 Å². The molecule has 0 fully saturated rings. The van der Waals surface area contributed by atoms with Gasteiger partial charge in [-0.3, -0.25) is 4.79 Å². The lowest BCUT2D eigenvalue weighted by molar-refractivity contribution is 0.0766. The smallest absolute Gasteiger partial charge is 0.274 e. The summed E-state index contributed by atoms with van der Waals surface area (Å²) >= 11 is 0. The molecule has 1 heterocycles. The molecule has 2 rings (SSSR count). The number of rotatable bonds is 3. The number of nitrogens with zero attached hydrogens (tertiary/aromatic N) is 3. The predicted molar refractivity (Wildman–Crippen MR) is 71.5 cm³/mol. The average Bonchev–Trinajstić information content (AvgIpc) is 2.39. The van der Waals surface area contributed by atoms with Gasteiger partial charge in [0, 0.05) is 13.1 Å². The highest BCUT2D eigenvalue weighted by Crippen LogP contribution is 2.13. The van der Waals surface area contributed by atoms with Crippen molar-refractivity contribution in [3.63, 3.8) is 0 Å². The number of hydrogen-bond acceptors (Lipinski definition) is 3. The van der Waals surface area contributed by atoms with Crippen molar-refractivity contribution in [3.05, 3.63) is 35.7 Å². The lowest BCUT2D eigenvalue weighted by Crippen LogP contribution is -2.32. The first-order chi connectivity index (χ1) is 8.67. The summed E-state index contributed by atoms with van der Waals surface area (Å²) in [6, 6.07) is 7.60. The Bertz CT molecular complexity index is 576. The maximum absolute atomic E-state index is 12.3. The third kappa shape index (κ3) is 2.18. The van der Waals surface area contributed by atoms with Crippen LogP contribution in [0.15, 0.2) is 24.3 Å². The van der Waals surface area contributed by atoms with E-state index in [4.69, 9.17) is 0 Å². The van der Waals surface area contributed by atoms with E-state index in [1.54, 1.807) is 4.90 Å². The minimum atomic E-state index is -0.0456. The van der Waals surface area contributed by atoms with E-state index in [2.05, 4.69) is 9.97 Å². The van der Waals surface area contributed by atoms with E-state index in [0.717, 1.165) is 11.0 Å². The van der Waals surface area contributed by atoms with Crippen molar-refractivity contribution in [3.8, 4) is 0 Å². The van der Waals surface area contributed by atoms with E-state index < -0.39 is 0 Å². The molecule has 0 atom stereocenters. The van der Waals surface area contributed by atoms with Gasteiger partial charge >= 0.3 is 0 Å². The van der Waals surface area contributed by atoms with Gasteiger partial charge in [0.2, 0.25) is 0 Å². The minimum Gasteiger partial charge on any atom is -0.338 e. The van der Waals surface area contributed by atoms with Crippen LogP contribution in [0.4, 0.5) is 0 Å². The SMILES string of the molecule is CCN(CC)C(=O)c1nc2ccccc2nc1C. The van der Waals surface area contributed by atoms with Crippen LogP contribution in [0.5, 0.6) is 0 Å². The Morgan fingerprint density at radius 2 is 1.67 bits per heavy atom. The molecule has 2 aromatic rings. The molecule has 0 saturated heterocycles. The molecule has 0 unspecified atom stereocenters.